The minimum Gasteiger partial charge on any atom is -0.317 e. The number of rotatable bonds is 2. The second kappa shape index (κ2) is 3.49. The summed E-state index contributed by atoms with van der Waals surface area (Å²) in [6, 6.07) is 0. The first kappa shape index (κ1) is 9.17. The van der Waals surface area contributed by atoms with Crippen LogP contribution in [0.15, 0.2) is 0 Å². The molecule has 3 aliphatic rings. The Bertz CT molecular complexity index is 204. The van der Waals surface area contributed by atoms with E-state index in [1.807, 2.05) is 0 Å². The molecule has 1 spiro atoms. The molecule has 2 heterocycles. The van der Waals surface area contributed by atoms with Crippen LogP contribution in [0.2, 0.25) is 0 Å². The molecule has 0 aromatic carbocycles. The molecule has 2 heteroatoms. The standard InChI is InChI=1S/C12H22N2/c1-2-11(1)9-14-8-5-12(10-14)3-6-13-7-4-12/h11,13H,1-10H2. The number of nitrogens with zero attached hydrogens (tertiary/aromatic N) is 1. The molecule has 2 aliphatic heterocycles. The largest absolute Gasteiger partial charge is 0.317 e. The zero-order valence-corrected chi connectivity index (χ0v) is 9.10. The van der Waals surface area contributed by atoms with Gasteiger partial charge in [0.05, 0.1) is 0 Å². The molecule has 1 N–H and O–H groups in total. The minimum absolute atomic E-state index is 0.722. The first-order valence-corrected chi connectivity index (χ1v) is 6.29. The van der Waals surface area contributed by atoms with Crippen LogP contribution in [0.3, 0.4) is 0 Å². The number of hydrogen-bond acceptors (Lipinski definition) is 2. The quantitative estimate of drug-likeness (QED) is 0.716. The van der Waals surface area contributed by atoms with Crippen LogP contribution in [0, 0.1) is 11.3 Å². The molecule has 14 heavy (non-hydrogen) atoms. The van der Waals surface area contributed by atoms with Crippen LogP contribution in [0.1, 0.15) is 32.1 Å². The normalized spacial score (nSPS) is 32.6. The lowest BCUT2D eigenvalue weighted by molar-refractivity contribution is 0.194. The zero-order valence-electron chi connectivity index (χ0n) is 9.10. The maximum atomic E-state index is 3.49. The maximum Gasteiger partial charge on any atom is 0.00395 e. The van der Waals surface area contributed by atoms with Crippen molar-refractivity contribution in [2.24, 2.45) is 11.3 Å². The summed E-state index contributed by atoms with van der Waals surface area (Å²) < 4.78 is 0. The lowest BCUT2D eigenvalue weighted by Crippen LogP contribution is -2.38. The summed E-state index contributed by atoms with van der Waals surface area (Å²) in [4.78, 5) is 2.74. The van der Waals surface area contributed by atoms with E-state index in [1.165, 1.54) is 64.8 Å². The third kappa shape index (κ3) is 1.82. The lowest BCUT2D eigenvalue weighted by Gasteiger charge is -2.33. The van der Waals surface area contributed by atoms with Gasteiger partial charge in [-0.25, -0.2) is 0 Å². The number of hydrogen-bond donors (Lipinski definition) is 1. The predicted octanol–water partition coefficient (Wildman–Crippen LogP) is 1.47. The van der Waals surface area contributed by atoms with Gasteiger partial charge in [-0.3, -0.25) is 0 Å². The second-order valence-electron chi connectivity index (χ2n) is 5.68. The Morgan fingerprint density at radius 1 is 1.14 bits per heavy atom. The Labute approximate surface area is 87.0 Å². The van der Waals surface area contributed by atoms with Gasteiger partial charge >= 0.3 is 0 Å². The molecule has 1 saturated carbocycles. The molecule has 0 atom stereocenters. The zero-order chi connectivity index (χ0) is 9.43. The number of nitrogens with one attached hydrogen (secondary N) is 1. The number of likely N-dealkylation sites (tertiary alicyclic amines) is 1. The van der Waals surface area contributed by atoms with Gasteiger partial charge in [-0.2, -0.15) is 0 Å². The van der Waals surface area contributed by atoms with Gasteiger partial charge < -0.3 is 10.2 Å². The van der Waals surface area contributed by atoms with E-state index < -0.39 is 0 Å². The van der Waals surface area contributed by atoms with Gasteiger partial charge in [0.2, 0.25) is 0 Å². The summed E-state index contributed by atoms with van der Waals surface area (Å²) in [5.74, 6) is 1.08. The van der Waals surface area contributed by atoms with E-state index >= 15 is 0 Å². The van der Waals surface area contributed by atoms with Crippen LogP contribution >= 0.6 is 0 Å². The van der Waals surface area contributed by atoms with E-state index in [4.69, 9.17) is 0 Å². The van der Waals surface area contributed by atoms with Crippen molar-refractivity contribution >= 4 is 0 Å². The molecule has 3 fully saturated rings. The third-order valence-corrected chi connectivity index (χ3v) is 4.39. The van der Waals surface area contributed by atoms with Crippen molar-refractivity contribution in [3.63, 3.8) is 0 Å². The van der Waals surface area contributed by atoms with Gasteiger partial charge in [0.1, 0.15) is 0 Å². The van der Waals surface area contributed by atoms with E-state index in [2.05, 4.69) is 10.2 Å². The Morgan fingerprint density at radius 3 is 2.64 bits per heavy atom. The van der Waals surface area contributed by atoms with E-state index in [0.717, 1.165) is 11.3 Å². The molecule has 0 bridgehead atoms. The highest BCUT2D eigenvalue weighted by atomic mass is 15.2. The molecule has 0 aromatic rings. The highest BCUT2D eigenvalue weighted by Gasteiger charge is 2.39. The Kier molecular flexibility index (Phi) is 2.29. The summed E-state index contributed by atoms with van der Waals surface area (Å²) in [7, 11) is 0. The van der Waals surface area contributed by atoms with Crippen molar-refractivity contribution in [2.75, 3.05) is 32.7 Å². The third-order valence-electron chi connectivity index (χ3n) is 4.39. The first-order chi connectivity index (χ1) is 6.86. The van der Waals surface area contributed by atoms with Gasteiger partial charge in [0, 0.05) is 13.1 Å². The molecule has 0 amide bonds. The van der Waals surface area contributed by atoms with E-state index in [1.54, 1.807) is 0 Å². The summed E-state index contributed by atoms with van der Waals surface area (Å²) in [6.07, 6.45) is 7.33. The molecule has 3 rings (SSSR count). The van der Waals surface area contributed by atoms with Gasteiger partial charge in [-0.05, 0) is 63.1 Å². The van der Waals surface area contributed by atoms with Crippen molar-refractivity contribution in [3.8, 4) is 0 Å². The van der Waals surface area contributed by atoms with Crippen molar-refractivity contribution in [3.05, 3.63) is 0 Å². The summed E-state index contributed by atoms with van der Waals surface area (Å²) in [6.45, 7) is 6.73. The second-order valence-corrected chi connectivity index (χ2v) is 5.68. The Hall–Kier alpha value is -0.0800. The van der Waals surface area contributed by atoms with E-state index in [0.29, 0.717) is 0 Å². The highest BCUT2D eigenvalue weighted by molar-refractivity contribution is 4.94. The molecule has 1 aliphatic carbocycles. The van der Waals surface area contributed by atoms with Crippen LogP contribution in [-0.4, -0.2) is 37.6 Å². The number of piperidine rings is 1. The van der Waals surface area contributed by atoms with Crippen LogP contribution < -0.4 is 5.32 Å². The Balaban J connectivity index is 1.56. The van der Waals surface area contributed by atoms with E-state index in [-0.39, 0.29) is 0 Å². The van der Waals surface area contributed by atoms with Crippen LogP contribution in [-0.2, 0) is 0 Å². The fraction of sp³-hybridized carbons (Fsp3) is 1.00. The van der Waals surface area contributed by atoms with Gasteiger partial charge in [0.25, 0.3) is 0 Å². The average molecular weight is 194 g/mol. The highest BCUT2D eigenvalue weighted by Crippen LogP contribution is 2.40. The molecule has 2 nitrogen and oxygen atoms in total. The molecule has 80 valence electrons. The van der Waals surface area contributed by atoms with Gasteiger partial charge in [-0.15, -0.1) is 0 Å². The Morgan fingerprint density at radius 2 is 1.93 bits per heavy atom. The van der Waals surface area contributed by atoms with Crippen molar-refractivity contribution < 1.29 is 0 Å². The molecule has 0 radical (unpaired) electrons. The van der Waals surface area contributed by atoms with Crippen LogP contribution in [0.25, 0.3) is 0 Å². The molecule has 2 saturated heterocycles. The van der Waals surface area contributed by atoms with Crippen LogP contribution in [0.5, 0.6) is 0 Å². The fourth-order valence-electron chi connectivity index (χ4n) is 3.21. The summed E-state index contributed by atoms with van der Waals surface area (Å²) >= 11 is 0. The topological polar surface area (TPSA) is 15.3 Å². The van der Waals surface area contributed by atoms with Crippen molar-refractivity contribution in [2.45, 2.75) is 32.1 Å². The summed E-state index contributed by atoms with van der Waals surface area (Å²) in [5, 5.41) is 3.49. The molecular formula is C12H22N2. The minimum atomic E-state index is 0.722. The van der Waals surface area contributed by atoms with Crippen molar-refractivity contribution in [1.82, 2.24) is 10.2 Å². The first-order valence-electron chi connectivity index (χ1n) is 6.29. The maximum absolute atomic E-state index is 3.49. The van der Waals surface area contributed by atoms with Gasteiger partial charge in [-0.1, -0.05) is 0 Å². The predicted molar refractivity (Wildman–Crippen MR) is 58.3 cm³/mol. The van der Waals surface area contributed by atoms with Crippen LogP contribution in [0.4, 0.5) is 0 Å². The summed E-state index contributed by atoms with van der Waals surface area (Å²) in [5.41, 5.74) is 0.722. The average Bonchev–Trinajstić information content (AvgIpc) is 2.93. The SMILES string of the molecule is C1CC2(CCN1)CCN(CC1CC1)C2. The molecule has 0 unspecified atom stereocenters. The monoisotopic (exact) mass is 194 g/mol. The molecular weight excluding hydrogens is 172 g/mol. The molecule has 0 aromatic heterocycles. The van der Waals surface area contributed by atoms with Gasteiger partial charge in [0.15, 0.2) is 0 Å². The lowest BCUT2D eigenvalue weighted by atomic mass is 9.78. The van der Waals surface area contributed by atoms with Crippen molar-refractivity contribution in [1.29, 1.82) is 0 Å². The smallest absolute Gasteiger partial charge is 0.00395 e. The van der Waals surface area contributed by atoms with E-state index in [9.17, 15) is 0 Å². The fourth-order valence-corrected chi connectivity index (χ4v) is 3.21.